The third-order valence-corrected chi connectivity index (χ3v) is 1.75. The van der Waals surface area contributed by atoms with E-state index in [2.05, 4.69) is 18.8 Å². The summed E-state index contributed by atoms with van der Waals surface area (Å²) < 4.78 is 10.1. The molecule has 0 fully saturated rings. The van der Waals surface area contributed by atoms with Crippen molar-refractivity contribution in [2.75, 3.05) is 14.2 Å². The van der Waals surface area contributed by atoms with Crippen LogP contribution in [0.1, 0.15) is 33.1 Å². The normalized spacial score (nSPS) is 10.7. The highest BCUT2D eigenvalue weighted by Crippen LogP contribution is 2.07. The summed E-state index contributed by atoms with van der Waals surface area (Å²) in [5.41, 5.74) is 0. The van der Waals surface area contributed by atoms with Gasteiger partial charge in [-0.25, -0.2) is 0 Å². The van der Waals surface area contributed by atoms with Crippen molar-refractivity contribution in [2.24, 2.45) is 0 Å². The smallest absolute Gasteiger partial charge is 0.230 e. The Morgan fingerprint density at radius 1 is 1.25 bits per heavy atom. The van der Waals surface area contributed by atoms with Gasteiger partial charge < -0.3 is 9.47 Å². The van der Waals surface area contributed by atoms with Crippen LogP contribution in [-0.2, 0) is 9.47 Å². The summed E-state index contributed by atoms with van der Waals surface area (Å²) in [7, 11) is 3.19. The minimum atomic E-state index is -0.728. The maximum absolute atomic E-state index is 5.07. The summed E-state index contributed by atoms with van der Waals surface area (Å²) in [5.74, 6) is 5.24. The highest BCUT2D eigenvalue weighted by Gasteiger charge is 2.17. The highest BCUT2D eigenvalue weighted by molar-refractivity contribution is 5.08. The van der Waals surface area contributed by atoms with Crippen molar-refractivity contribution < 1.29 is 9.47 Å². The van der Waals surface area contributed by atoms with Crippen LogP contribution in [0.3, 0.4) is 0 Å². The van der Waals surface area contributed by atoms with Crippen LogP contribution in [0.15, 0.2) is 0 Å². The van der Waals surface area contributed by atoms with Gasteiger partial charge in [-0.05, 0) is 12.3 Å². The molecule has 12 heavy (non-hydrogen) atoms. The van der Waals surface area contributed by atoms with Crippen molar-refractivity contribution in [3.8, 4) is 11.8 Å². The minimum absolute atomic E-state index is 0.728. The standard InChI is InChI=1S/C10H18O2/c1-5-6-7-8-9-10(2,11-3)12-4/h5-7H2,1-4H3. The number of unbranched alkanes of at least 4 members (excludes halogenated alkanes) is 2. The largest absolute Gasteiger partial charge is 0.343 e. The molecule has 0 aliphatic rings. The van der Waals surface area contributed by atoms with Crippen LogP contribution >= 0.6 is 0 Å². The second-order valence-corrected chi connectivity index (χ2v) is 2.76. The molecule has 0 aliphatic heterocycles. The second-order valence-electron chi connectivity index (χ2n) is 2.76. The van der Waals surface area contributed by atoms with E-state index in [1.807, 2.05) is 6.92 Å². The quantitative estimate of drug-likeness (QED) is 0.366. The first-order valence-corrected chi connectivity index (χ1v) is 4.29. The first kappa shape index (κ1) is 11.5. The highest BCUT2D eigenvalue weighted by atomic mass is 16.7. The fraction of sp³-hybridized carbons (Fsp3) is 0.800. The molecule has 0 radical (unpaired) electrons. The van der Waals surface area contributed by atoms with E-state index in [9.17, 15) is 0 Å². The van der Waals surface area contributed by atoms with Crippen molar-refractivity contribution in [3.63, 3.8) is 0 Å². The zero-order valence-electron chi connectivity index (χ0n) is 8.44. The summed E-state index contributed by atoms with van der Waals surface area (Å²) in [4.78, 5) is 0. The lowest BCUT2D eigenvalue weighted by atomic mass is 10.2. The first-order valence-electron chi connectivity index (χ1n) is 4.29. The van der Waals surface area contributed by atoms with E-state index in [-0.39, 0.29) is 0 Å². The lowest BCUT2D eigenvalue weighted by Gasteiger charge is -2.18. The molecule has 0 aromatic carbocycles. The summed E-state index contributed by atoms with van der Waals surface area (Å²) in [6, 6.07) is 0. The molecule has 0 atom stereocenters. The molecule has 0 N–H and O–H groups in total. The Morgan fingerprint density at radius 3 is 2.25 bits per heavy atom. The van der Waals surface area contributed by atoms with Crippen molar-refractivity contribution in [1.29, 1.82) is 0 Å². The molecule has 0 spiro atoms. The van der Waals surface area contributed by atoms with Crippen molar-refractivity contribution >= 4 is 0 Å². The van der Waals surface area contributed by atoms with E-state index in [0.29, 0.717) is 0 Å². The number of hydrogen-bond acceptors (Lipinski definition) is 2. The molecule has 0 saturated heterocycles. The van der Waals surface area contributed by atoms with Crippen LogP contribution < -0.4 is 0 Å². The molecular weight excluding hydrogens is 152 g/mol. The fourth-order valence-corrected chi connectivity index (χ4v) is 0.674. The molecule has 0 rings (SSSR count). The Labute approximate surface area is 75.3 Å². The van der Waals surface area contributed by atoms with Gasteiger partial charge in [0.2, 0.25) is 5.79 Å². The molecule has 0 heterocycles. The van der Waals surface area contributed by atoms with Gasteiger partial charge in [-0.2, -0.15) is 0 Å². The van der Waals surface area contributed by atoms with Gasteiger partial charge in [0.05, 0.1) is 0 Å². The molecule has 2 heteroatoms. The minimum Gasteiger partial charge on any atom is -0.343 e. The summed E-state index contributed by atoms with van der Waals surface area (Å²) in [5, 5.41) is 0. The molecular formula is C10H18O2. The zero-order chi connectivity index (χ0) is 9.45. The summed E-state index contributed by atoms with van der Waals surface area (Å²) >= 11 is 0. The van der Waals surface area contributed by atoms with Gasteiger partial charge in [0.1, 0.15) is 0 Å². The van der Waals surface area contributed by atoms with Crippen molar-refractivity contribution in [3.05, 3.63) is 0 Å². The third-order valence-electron chi connectivity index (χ3n) is 1.75. The Balaban J connectivity index is 3.88. The zero-order valence-corrected chi connectivity index (χ0v) is 8.44. The van der Waals surface area contributed by atoms with E-state index < -0.39 is 5.79 Å². The van der Waals surface area contributed by atoms with Crippen LogP contribution in [0.25, 0.3) is 0 Å². The van der Waals surface area contributed by atoms with E-state index in [1.54, 1.807) is 14.2 Å². The average Bonchev–Trinajstić information content (AvgIpc) is 2.12. The van der Waals surface area contributed by atoms with E-state index in [1.165, 1.54) is 6.42 Å². The average molecular weight is 170 g/mol. The van der Waals surface area contributed by atoms with Crippen molar-refractivity contribution in [2.45, 2.75) is 38.9 Å². The topological polar surface area (TPSA) is 18.5 Å². The monoisotopic (exact) mass is 170 g/mol. The second kappa shape index (κ2) is 6.05. The third kappa shape index (κ3) is 4.38. The fourth-order valence-electron chi connectivity index (χ4n) is 0.674. The molecule has 0 amide bonds. The number of methoxy groups -OCH3 is 2. The molecule has 2 nitrogen and oxygen atoms in total. The van der Waals surface area contributed by atoms with Crippen LogP contribution in [0.2, 0.25) is 0 Å². The Morgan fingerprint density at radius 2 is 1.83 bits per heavy atom. The van der Waals surface area contributed by atoms with Gasteiger partial charge in [0, 0.05) is 27.6 Å². The Kier molecular flexibility index (Phi) is 5.79. The van der Waals surface area contributed by atoms with E-state index in [0.717, 1.165) is 12.8 Å². The Hall–Kier alpha value is -0.520. The van der Waals surface area contributed by atoms with Crippen LogP contribution in [0.4, 0.5) is 0 Å². The lowest BCUT2D eigenvalue weighted by Crippen LogP contribution is -2.27. The van der Waals surface area contributed by atoms with Gasteiger partial charge in [-0.1, -0.05) is 19.3 Å². The molecule has 0 unspecified atom stereocenters. The lowest BCUT2D eigenvalue weighted by molar-refractivity contribution is -0.148. The maximum atomic E-state index is 5.07. The first-order chi connectivity index (χ1) is 5.68. The summed E-state index contributed by atoms with van der Waals surface area (Å²) in [6.45, 7) is 3.96. The van der Waals surface area contributed by atoms with Gasteiger partial charge in [0.25, 0.3) is 0 Å². The molecule has 0 aromatic heterocycles. The summed E-state index contributed by atoms with van der Waals surface area (Å²) in [6.07, 6.45) is 3.22. The Bertz CT molecular complexity index is 160. The number of ether oxygens (including phenoxy) is 2. The van der Waals surface area contributed by atoms with Gasteiger partial charge in [-0.15, -0.1) is 0 Å². The molecule has 0 aliphatic carbocycles. The molecule has 0 bridgehead atoms. The van der Waals surface area contributed by atoms with E-state index >= 15 is 0 Å². The predicted molar refractivity (Wildman–Crippen MR) is 49.7 cm³/mol. The van der Waals surface area contributed by atoms with Gasteiger partial charge in [-0.3, -0.25) is 0 Å². The molecule has 0 aromatic rings. The van der Waals surface area contributed by atoms with Gasteiger partial charge in [0.15, 0.2) is 0 Å². The predicted octanol–water partition coefficient (Wildman–Crippen LogP) is 2.19. The SMILES string of the molecule is CCCCC#CC(C)(OC)OC. The van der Waals surface area contributed by atoms with Crippen molar-refractivity contribution in [1.82, 2.24) is 0 Å². The maximum Gasteiger partial charge on any atom is 0.230 e. The van der Waals surface area contributed by atoms with Crippen LogP contribution in [0, 0.1) is 11.8 Å². The van der Waals surface area contributed by atoms with Gasteiger partial charge >= 0.3 is 0 Å². The molecule has 0 saturated carbocycles. The van der Waals surface area contributed by atoms with Crippen LogP contribution in [-0.4, -0.2) is 20.0 Å². The number of rotatable bonds is 4. The van der Waals surface area contributed by atoms with Crippen LogP contribution in [0.5, 0.6) is 0 Å². The van der Waals surface area contributed by atoms with E-state index in [4.69, 9.17) is 9.47 Å². The molecule has 70 valence electrons. The number of hydrogen-bond donors (Lipinski definition) is 0.